The van der Waals surface area contributed by atoms with E-state index in [-0.39, 0.29) is 31.7 Å². The summed E-state index contributed by atoms with van der Waals surface area (Å²) in [5.74, 6) is 1.08. The van der Waals surface area contributed by atoms with E-state index >= 15 is 0 Å². The van der Waals surface area contributed by atoms with E-state index in [0.29, 0.717) is 47.3 Å². The van der Waals surface area contributed by atoms with E-state index in [0.717, 1.165) is 33.6 Å². The molecule has 0 bridgehead atoms. The quantitative estimate of drug-likeness (QED) is 0.109. The van der Waals surface area contributed by atoms with Crippen LogP contribution in [-0.4, -0.2) is 56.3 Å². The number of ketones is 1. The summed E-state index contributed by atoms with van der Waals surface area (Å²) in [7, 11) is -8.31. The summed E-state index contributed by atoms with van der Waals surface area (Å²) in [6, 6.07) is 31.2. The number of fused-ring (bicyclic) bond motifs is 2. The monoisotopic (exact) mass is 766 g/mol. The van der Waals surface area contributed by atoms with Crippen molar-refractivity contribution in [3.8, 4) is 33.8 Å². The van der Waals surface area contributed by atoms with Crippen LogP contribution in [0.4, 0.5) is 11.4 Å². The number of nitrogens with zero attached hydrogens (tertiary/aromatic N) is 2. The van der Waals surface area contributed by atoms with Gasteiger partial charge < -0.3 is 19.3 Å². The number of carbonyl (C=O) groups excluding carboxylic acids is 1. The second-order valence-corrected chi connectivity index (χ2v) is 16.3. The molecule has 3 aliphatic rings. The van der Waals surface area contributed by atoms with Gasteiger partial charge in [-0.1, -0.05) is 72.8 Å². The normalized spacial score (nSPS) is 18.4. The summed E-state index contributed by atoms with van der Waals surface area (Å²) in [6.45, 7) is 0.505. The molecule has 4 aromatic rings. The molecule has 0 spiro atoms. The molecule has 0 aromatic heterocycles. The number of allylic oxidation sites excluding steroid dienone is 6. The average Bonchev–Trinajstić information content (AvgIpc) is 3.81. The van der Waals surface area contributed by atoms with E-state index in [1.807, 2.05) is 107 Å². The molecular formula is C41H38N2O9S2. The van der Waals surface area contributed by atoms with E-state index in [1.165, 1.54) is 0 Å². The van der Waals surface area contributed by atoms with E-state index in [9.17, 15) is 30.7 Å². The minimum absolute atomic E-state index is 0.136. The Hall–Kier alpha value is -5.47. The maximum Gasteiger partial charge on any atom is 0.264 e. The lowest BCUT2D eigenvalue weighted by atomic mass is 10.0. The minimum atomic E-state index is -4.16. The van der Waals surface area contributed by atoms with Crippen molar-refractivity contribution in [2.45, 2.75) is 25.7 Å². The van der Waals surface area contributed by atoms with Gasteiger partial charge in [-0.2, -0.15) is 16.8 Å². The maximum atomic E-state index is 13.6. The Labute approximate surface area is 314 Å². The van der Waals surface area contributed by atoms with Crippen LogP contribution >= 0.6 is 0 Å². The standard InChI is InChI=1S/C41H38N2O9S2/c44-41-31(17-21-39-42(23-7-25-53(45,46)47)35-27-33(15-19-37(35)51-39)29-9-3-1-4-10-29)13-14-32(41)18-22-40-43(24-8-26-54(48,49)50)36-28-34(16-20-38(36)52-40)30-11-5-2-6-12-30/h1-6,9-12,15-22,27-28H,7-8,13-14,23-26H2,(H,45,46,47)(H,48,49,50). The van der Waals surface area contributed by atoms with Crippen molar-refractivity contribution in [2.24, 2.45) is 0 Å². The zero-order chi connectivity index (χ0) is 37.9. The fourth-order valence-electron chi connectivity index (χ4n) is 6.71. The zero-order valence-electron chi connectivity index (χ0n) is 29.2. The Morgan fingerprint density at radius 2 is 0.963 bits per heavy atom. The molecule has 1 aliphatic carbocycles. The van der Waals surface area contributed by atoms with Crippen molar-refractivity contribution in [3.05, 3.63) is 144 Å². The molecular weight excluding hydrogens is 729 g/mol. The van der Waals surface area contributed by atoms with Gasteiger partial charge in [0.25, 0.3) is 20.2 Å². The van der Waals surface area contributed by atoms with Crippen molar-refractivity contribution in [2.75, 3.05) is 34.4 Å². The van der Waals surface area contributed by atoms with E-state index in [4.69, 9.17) is 9.47 Å². The van der Waals surface area contributed by atoms with Gasteiger partial charge in [0.05, 0.1) is 22.9 Å². The number of ether oxygens (including phenoxy) is 2. The lowest BCUT2D eigenvalue weighted by Gasteiger charge is -2.18. The SMILES string of the molecule is O=C1C(=CC=C2Oc3ccc(-c4ccccc4)cc3N2CCCS(=O)(=O)O)CCC1=CC=C1Oc2ccc(-c3ccccc3)cc2N1CCCS(=O)(=O)O. The highest BCUT2D eigenvalue weighted by Crippen LogP contribution is 2.43. The topological polar surface area (TPSA) is 151 Å². The Morgan fingerprint density at radius 3 is 1.35 bits per heavy atom. The van der Waals surface area contributed by atoms with Crippen LogP contribution in [0.3, 0.4) is 0 Å². The van der Waals surface area contributed by atoms with Crippen molar-refractivity contribution in [3.63, 3.8) is 0 Å². The van der Waals surface area contributed by atoms with Gasteiger partial charge in [-0.3, -0.25) is 13.9 Å². The first-order valence-corrected chi connectivity index (χ1v) is 20.7. The van der Waals surface area contributed by atoms with Crippen LogP contribution in [0.2, 0.25) is 0 Å². The lowest BCUT2D eigenvalue weighted by Crippen LogP contribution is -2.23. The van der Waals surface area contributed by atoms with E-state index < -0.39 is 31.7 Å². The van der Waals surface area contributed by atoms with Gasteiger partial charge in [0.1, 0.15) is 0 Å². The molecule has 0 unspecified atom stereocenters. The van der Waals surface area contributed by atoms with Crippen LogP contribution < -0.4 is 19.3 Å². The summed E-state index contributed by atoms with van der Waals surface area (Å²) < 4.78 is 77.0. The fourth-order valence-corrected chi connectivity index (χ4v) is 7.69. The number of benzene rings is 4. The van der Waals surface area contributed by atoms with Gasteiger partial charge in [0.15, 0.2) is 17.3 Å². The first-order valence-electron chi connectivity index (χ1n) is 17.5. The third-order valence-electron chi connectivity index (χ3n) is 9.34. The highest BCUT2D eigenvalue weighted by molar-refractivity contribution is 7.86. The molecule has 7 rings (SSSR count). The van der Waals surface area contributed by atoms with Gasteiger partial charge in [-0.05, 0) is 96.5 Å². The molecule has 2 aliphatic heterocycles. The smallest absolute Gasteiger partial charge is 0.264 e. The van der Waals surface area contributed by atoms with E-state index in [1.54, 1.807) is 24.3 Å². The summed E-state index contributed by atoms with van der Waals surface area (Å²) in [5, 5.41) is 0. The number of rotatable bonds is 12. The molecule has 0 saturated heterocycles. The van der Waals surface area contributed by atoms with Gasteiger partial charge >= 0.3 is 0 Å². The summed E-state index contributed by atoms with van der Waals surface area (Å²) in [6.07, 6.45) is 8.15. The maximum absolute atomic E-state index is 13.6. The molecule has 2 N–H and O–H groups in total. The number of anilines is 2. The van der Waals surface area contributed by atoms with Gasteiger partial charge in [-0.25, -0.2) is 0 Å². The zero-order valence-corrected chi connectivity index (χ0v) is 30.8. The summed E-state index contributed by atoms with van der Waals surface area (Å²) >= 11 is 0. The molecule has 54 heavy (non-hydrogen) atoms. The van der Waals surface area contributed by atoms with Crippen LogP contribution in [0, 0.1) is 0 Å². The third kappa shape index (κ3) is 8.66. The average molecular weight is 767 g/mol. The predicted octanol–water partition coefficient (Wildman–Crippen LogP) is 7.57. The lowest BCUT2D eigenvalue weighted by molar-refractivity contribution is -0.111. The van der Waals surface area contributed by atoms with Crippen LogP contribution in [-0.2, 0) is 25.0 Å². The molecule has 11 nitrogen and oxygen atoms in total. The van der Waals surface area contributed by atoms with Crippen LogP contribution in [0.15, 0.2) is 144 Å². The van der Waals surface area contributed by atoms with Gasteiger partial charge in [-0.15, -0.1) is 0 Å². The predicted molar refractivity (Wildman–Crippen MR) is 208 cm³/mol. The minimum Gasteiger partial charge on any atom is -0.439 e. The molecule has 2 heterocycles. The molecule has 4 aromatic carbocycles. The number of Topliss-reactive ketones (excluding diaryl/α,β-unsaturated/α-hetero) is 1. The van der Waals surface area contributed by atoms with Gasteiger partial charge in [0, 0.05) is 24.2 Å². The number of hydrogen-bond acceptors (Lipinski definition) is 9. The second-order valence-electron chi connectivity index (χ2n) is 13.1. The Bertz CT molecular complexity index is 2250. The van der Waals surface area contributed by atoms with E-state index in [2.05, 4.69) is 0 Å². The highest BCUT2D eigenvalue weighted by Gasteiger charge is 2.30. The first-order chi connectivity index (χ1) is 25.9. The van der Waals surface area contributed by atoms with Crippen LogP contribution in [0.5, 0.6) is 11.5 Å². The second kappa shape index (κ2) is 15.5. The van der Waals surface area contributed by atoms with Gasteiger partial charge in [0.2, 0.25) is 11.8 Å². The highest BCUT2D eigenvalue weighted by atomic mass is 32.2. The molecule has 0 radical (unpaired) electrons. The van der Waals surface area contributed by atoms with Crippen LogP contribution in [0.25, 0.3) is 22.3 Å². The molecule has 13 heteroatoms. The van der Waals surface area contributed by atoms with Crippen LogP contribution in [0.1, 0.15) is 25.7 Å². The molecule has 0 amide bonds. The Morgan fingerprint density at radius 1 is 0.556 bits per heavy atom. The molecule has 278 valence electrons. The first kappa shape index (κ1) is 36.9. The third-order valence-corrected chi connectivity index (χ3v) is 11.0. The molecule has 0 atom stereocenters. The number of hydrogen-bond donors (Lipinski definition) is 2. The van der Waals surface area contributed by atoms with Crippen molar-refractivity contribution >= 4 is 37.4 Å². The van der Waals surface area contributed by atoms with Crippen molar-refractivity contribution < 1.29 is 40.2 Å². The number of carbonyl (C=O) groups is 1. The Balaban J connectivity index is 1.12. The van der Waals surface area contributed by atoms with Crippen molar-refractivity contribution in [1.29, 1.82) is 0 Å². The van der Waals surface area contributed by atoms with Crippen molar-refractivity contribution in [1.82, 2.24) is 0 Å². The fraction of sp³-hybridized carbons (Fsp3) is 0.195. The molecule has 1 fully saturated rings. The molecule has 1 saturated carbocycles. The summed E-state index contributed by atoms with van der Waals surface area (Å²) in [4.78, 5) is 17.3. The summed E-state index contributed by atoms with van der Waals surface area (Å²) in [5.41, 5.74) is 6.56. The Kier molecular flexibility index (Phi) is 10.6. The largest absolute Gasteiger partial charge is 0.439 e.